The summed E-state index contributed by atoms with van der Waals surface area (Å²) in [6, 6.07) is 39.1. The number of carbonyl (C=O) groups is 2. The van der Waals surface area contributed by atoms with Crippen molar-refractivity contribution >= 4 is 36.2 Å². The summed E-state index contributed by atoms with van der Waals surface area (Å²) in [6.45, 7) is 0.541. The molecule has 0 spiro atoms. The van der Waals surface area contributed by atoms with Crippen LogP contribution in [-0.2, 0) is 19.1 Å². The van der Waals surface area contributed by atoms with Crippen molar-refractivity contribution in [1.82, 2.24) is 0 Å². The summed E-state index contributed by atoms with van der Waals surface area (Å²) in [4.78, 5) is 23.0. The van der Waals surface area contributed by atoms with Gasteiger partial charge in [-0.2, -0.15) is 0 Å². The Balaban J connectivity index is 0.000000220. The molecule has 0 aliphatic rings. The van der Waals surface area contributed by atoms with E-state index in [1.807, 2.05) is 146 Å². The van der Waals surface area contributed by atoms with Crippen LogP contribution in [0.3, 0.4) is 0 Å². The number of hydrogen-bond donors (Lipinski definition) is 0. The number of benzene rings is 4. The molecule has 0 amide bonds. The first-order valence-corrected chi connectivity index (χ1v) is 12.9. The number of ether oxygens (including phenoxy) is 2. The van der Waals surface area contributed by atoms with Crippen molar-refractivity contribution in [3.8, 4) is 0 Å². The molecule has 0 fully saturated rings. The van der Waals surface area contributed by atoms with E-state index in [1.165, 1.54) is 12.2 Å². The maximum absolute atomic E-state index is 11.5. The normalized spacial score (nSPS) is 11.0. The monoisotopic (exact) mass is 528 g/mol. The van der Waals surface area contributed by atoms with Gasteiger partial charge in [0, 0.05) is 12.2 Å². The topological polar surface area (TPSA) is 52.6 Å². The van der Waals surface area contributed by atoms with E-state index in [1.54, 1.807) is 12.2 Å². The molecule has 0 unspecified atom stereocenters. The van der Waals surface area contributed by atoms with Gasteiger partial charge in [-0.25, -0.2) is 9.59 Å². The molecule has 0 aliphatic carbocycles. The van der Waals surface area contributed by atoms with Crippen LogP contribution in [0.25, 0.3) is 24.3 Å². The zero-order valence-corrected chi connectivity index (χ0v) is 22.2. The number of rotatable bonds is 10. The highest BCUT2D eigenvalue weighted by Gasteiger charge is 1.95. The van der Waals surface area contributed by atoms with E-state index in [2.05, 4.69) is 0 Å². The van der Waals surface area contributed by atoms with E-state index in [-0.39, 0.29) is 25.2 Å². The van der Waals surface area contributed by atoms with Crippen LogP contribution in [0.15, 0.2) is 146 Å². The predicted octanol–water partition coefficient (Wildman–Crippen LogP) is 7.91. The molecular formula is C36H32O4. The van der Waals surface area contributed by atoms with Gasteiger partial charge in [0.05, 0.1) is 0 Å². The Bertz CT molecular complexity index is 1280. The number of esters is 2. The maximum atomic E-state index is 11.5. The molecule has 4 heteroatoms. The van der Waals surface area contributed by atoms with Crippen molar-refractivity contribution in [3.63, 3.8) is 0 Å². The minimum absolute atomic E-state index is 0.271. The molecule has 0 aliphatic heterocycles. The summed E-state index contributed by atoms with van der Waals surface area (Å²) in [6.07, 6.45) is 13.8. The summed E-state index contributed by atoms with van der Waals surface area (Å²) in [5.74, 6) is -0.682. The van der Waals surface area contributed by atoms with Crippen LogP contribution >= 0.6 is 0 Å². The van der Waals surface area contributed by atoms with Crippen molar-refractivity contribution in [2.24, 2.45) is 0 Å². The molecule has 40 heavy (non-hydrogen) atoms. The zero-order valence-electron chi connectivity index (χ0n) is 22.2. The molecule has 4 nitrogen and oxygen atoms in total. The third kappa shape index (κ3) is 12.8. The molecule has 0 radical (unpaired) electrons. The molecule has 0 atom stereocenters. The summed E-state index contributed by atoms with van der Waals surface area (Å²) in [5, 5.41) is 0. The van der Waals surface area contributed by atoms with Gasteiger partial charge in [0.15, 0.2) is 0 Å². The Morgan fingerprint density at radius 3 is 1.00 bits per heavy atom. The molecule has 0 saturated carbocycles. The van der Waals surface area contributed by atoms with Crippen molar-refractivity contribution < 1.29 is 19.1 Å². The van der Waals surface area contributed by atoms with E-state index >= 15 is 0 Å². The van der Waals surface area contributed by atoms with Gasteiger partial charge in [-0.15, -0.1) is 0 Å². The van der Waals surface area contributed by atoms with Crippen LogP contribution in [0.1, 0.15) is 22.3 Å². The number of hydrogen-bond acceptors (Lipinski definition) is 4. The third-order valence-corrected chi connectivity index (χ3v) is 5.29. The van der Waals surface area contributed by atoms with Crippen LogP contribution < -0.4 is 0 Å². The van der Waals surface area contributed by atoms with Crippen molar-refractivity contribution in [3.05, 3.63) is 168 Å². The second-order valence-electron chi connectivity index (χ2n) is 8.37. The minimum atomic E-state index is -0.341. The summed E-state index contributed by atoms with van der Waals surface area (Å²) in [5.41, 5.74) is 4.13. The van der Waals surface area contributed by atoms with E-state index in [9.17, 15) is 9.59 Å². The van der Waals surface area contributed by atoms with Crippen LogP contribution in [0.2, 0.25) is 0 Å². The van der Waals surface area contributed by atoms with Crippen LogP contribution in [-0.4, -0.2) is 25.2 Å². The van der Waals surface area contributed by atoms with E-state index in [0.717, 1.165) is 22.3 Å². The predicted molar refractivity (Wildman–Crippen MR) is 164 cm³/mol. The molecule has 4 aromatic rings. The van der Waals surface area contributed by atoms with Crippen molar-refractivity contribution in [2.45, 2.75) is 0 Å². The van der Waals surface area contributed by atoms with Gasteiger partial charge in [-0.05, 0) is 46.6 Å². The molecule has 0 saturated heterocycles. The van der Waals surface area contributed by atoms with Gasteiger partial charge in [0.1, 0.15) is 13.2 Å². The first kappa shape index (κ1) is 29.3. The molecule has 0 bridgehead atoms. The molecule has 0 aromatic heterocycles. The smallest absolute Gasteiger partial charge is 0.331 e. The second kappa shape index (κ2) is 18.1. The summed E-state index contributed by atoms with van der Waals surface area (Å²) < 4.78 is 10.1. The Hall–Kier alpha value is -5.22. The highest BCUT2D eigenvalue weighted by Crippen LogP contribution is 2.04. The first-order chi connectivity index (χ1) is 19.7. The fraction of sp³-hybridized carbons (Fsp3) is 0.0556. The van der Waals surface area contributed by atoms with Crippen molar-refractivity contribution in [1.29, 1.82) is 0 Å². The van der Waals surface area contributed by atoms with E-state index in [4.69, 9.17) is 9.47 Å². The second-order valence-corrected chi connectivity index (χ2v) is 8.37. The quantitative estimate of drug-likeness (QED) is 0.155. The number of carbonyl (C=O) groups excluding carboxylic acids is 2. The molecule has 4 aromatic carbocycles. The summed E-state index contributed by atoms with van der Waals surface area (Å²) >= 11 is 0. The Morgan fingerprint density at radius 1 is 0.425 bits per heavy atom. The lowest BCUT2D eigenvalue weighted by molar-refractivity contribution is -0.137. The van der Waals surface area contributed by atoms with Crippen LogP contribution in [0.5, 0.6) is 0 Å². The Kier molecular flexibility index (Phi) is 13.3. The first-order valence-electron chi connectivity index (χ1n) is 12.9. The molecule has 0 heterocycles. The fourth-order valence-electron chi connectivity index (χ4n) is 3.31. The highest BCUT2D eigenvalue weighted by molar-refractivity contribution is 5.87. The van der Waals surface area contributed by atoms with Gasteiger partial charge in [-0.3, -0.25) is 0 Å². The average Bonchev–Trinajstić information content (AvgIpc) is 3.02. The molecule has 0 N–H and O–H groups in total. The van der Waals surface area contributed by atoms with Gasteiger partial charge in [-0.1, -0.05) is 133 Å². The van der Waals surface area contributed by atoms with Crippen LogP contribution in [0, 0.1) is 0 Å². The minimum Gasteiger partial charge on any atom is -0.458 e. The Morgan fingerprint density at radius 2 is 0.700 bits per heavy atom. The molecule has 4 rings (SSSR count). The Labute approximate surface area is 236 Å². The van der Waals surface area contributed by atoms with Gasteiger partial charge < -0.3 is 9.47 Å². The van der Waals surface area contributed by atoms with Gasteiger partial charge in [0.2, 0.25) is 0 Å². The average molecular weight is 529 g/mol. The van der Waals surface area contributed by atoms with Gasteiger partial charge >= 0.3 is 11.9 Å². The maximum Gasteiger partial charge on any atom is 0.331 e. The highest BCUT2D eigenvalue weighted by atomic mass is 16.5. The standard InChI is InChI=1S/2C18H16O2/c2*19-18(14-13-17-10-5-2-6-11-17)20-15-7-12-16-8-3-1-4-9-16/h2*1-14H,15H2/b2*12-7+,14-13+. The lowest BCUT2D eigenvalue weighted by Crippen LogP contribution is -1.99. The molecular weight excluding hydrogens is 496 g/mol. The van der Waals surface area contributed by atoms with Crippen LogP contribution in [0.4, 0.5) is 0 Å². The summed E-state index contributed by atoms with van der Waals surface area (Å²) in [7, 11) is 0. The van der Waals surface area contributed by atoms with E-state index < -0.39 is 0 Å². The van der Waals surface area contributed by atoms with Gasteiger partial charge in [0.25, 0.3) is 0 Å². The fourth-order valence-corrected chi connectivity index (χ4v) is 3.31. The zero-order chi connectivity index (χ0) is 28.1. The SMILES string of the molecule is O=C(/C=C/c1ccccc1)OC/C=C/c1ccccc1.O=C(/C=C/c1ccccc1)OC/C=C/c1ccccc1. The third-order valence-electron chi connectivity index (χ3n) is 5.29. The molecule has 200 valence electrons. The van der Waals surface area contributed by atoms with Crippen molar-refractivity contribution in [2.75, 3.05) is 13.2 Å². The lowest BCUT2D eigenvalue weighted by atomic mass is 10.2. The lowest BCUT2D eigenvalue weighted by Gasteiger charge is -1.97. The largest absolute Gasteiger partial charge is 0.458 e. The van der Waals surface area contributed by atoms with E-state index in [0.29, 0.717) is 0 Å².